The van der Waals surface area contributed by atoms with Gasteiger partial charge in [-0.2, -0.15) is 0 Å². The van der Waals surface area contributed by atoms with Crippen molar-refractivity contribution in [3.8, 4) is 22.8 Å². The molecule has 6 nitrogen and oxygen atoms in total. The highest BCUT2D eigenvalue weighted by atomic mass is 32.1. The Morgan fingerprint density at radius 3 is 2.71 bits per heavy atom. The van der Waals surface area contributed by atoms with Crippen molar-refractivity contribution in [3.05, 3.63) is 65.3 Å². The molecule has 0 aliphatic rings. The molecule has 0 unspecified atom stereocenters. The van der Waals surface area contributed by atoms with Gasteiger partial charge >= 0.3 is 0 Å². The van der Waals surface area contributed by atoms with Crippen LogP contribution in [0.25, 0.3) is 16.2 Å². The average molecular weight is 436 g/mol. The van der Waals surface area contributed by atoms with Gasteiger partial charge in [-0.1, -0.05) is 12.1 Å². The Hall–Kier alpha value is -3.32. The number of benzene rings is 2. The number of carbonyl (C=O) groups is 1. The van der Waals surface area contributed by atoms with E-state index in [9.17, 15) is 4.79 Å². The van der Waals surface area contributed by atoms with Crippen molar-refractivity contribution in [2.45, 2.75) is 20.3 Å². The van der Waals surface area contributed by atoms with E-state index in [1.807, 2.05) is 77.2 Å². The van der Waals surface area contributed by atoms with Gasteiger partial charge in [0.15, 0.2) is 4.96 Å². The summed E-state index contributed by atoms with van der Waals surface area (Å²) < 4.78 is 12.9. The van der Waals surface area contributed by atoms with E-state index in [2.05, 4.69) is 0 Å². The molecule has 0 aliphatic carbocycles. The lowest BCUT2D eigenvalue weighted by atomic mass is 10.1. The summed E-state index contributed by atoms with van der Waals surface area (Å²) in [6.45, 7) is 4.64. The van der Waals surface area contributed by atoms with Crippen molar-refractivity contribution >= 4 is 27.9 Å². The standard InChI is InChI=1S/C24H25N3O3S/c1-5-26(17-8-6-7-16(2)11-17)23(28)12-18-15-31-24-25-21(14-27(18)24)20-13-19(29-3)9-10-22(20)30-4/h6-11,13-15H,5,12H2,1-4H3. The first kappa shape index (κ1) is 20.9. The van der Waals surface area contributed by atoms with Gasteiger partial charge in [0.1, 0.15) is 11.5 Å². The molecule has 1 amide bonds. The summed E-state index contributed by atoms with van der Waals surface area (Å²) in [6, 6.07) is 13.7. The minimum absolute atomic E-state index is 0.0574. The number of hydrogen-bond donors (Lipinski definition) is 0. The van der Waals surface area contributed by atoms with Gasteiger partial charge < -0.3 is 14.4 Å². The molecule has 0 aliphatic heterocycles. The van der Waals surface area contributed by atoms with Crippen LogP contribution < -0.4 is 14.4 Å². The van der Waals surface area contributed by atoms with E-state index in [4.69, 9.17) is 14.5 Å². The molecule has 0 fully saturated rings. The average Bonchev–Trinajstić information content (AvgIpc) is 3.36. The van der Waals surface area contributed by atoms with Crippen LogP contribution in [0.5, 0.6) is 11.5 Å². The number of thiazole rings is 1. The summed E-state index contributed by atoms with van der Waals surface area (Å²) in [4.78, 5) is 20.5. The van der Waals surface area contributed by atoms with E-state index in [0.29, 0.717) is 13.0 Å². The number of likely N-dealkylation sites (N-methyl/N-ethyl adjacent to an activating group) is 1. The van der Waals surface area contributed by atoms with Crippen LogP contribution in [0.3, 0.4) is 0 Å². The molecule has 4 rings (SSSR count). The number of hydrogen-bond acceptors (Lipinski definition) is 5. The SMILES string of the molecule is CCN(C(=O)Cc1csc2nc(-c3cc(OC)ccc3OC)cn12)c1cccc(C)c1. The minimum Gasteiger partial charge on any atom is -0.497 e. The smallest absolute Gasteiger partial charge is 0.232 e. The van der Waals surface area contributed by atoms with Crippen molar-refractivity contribution in [1.29, 1.82) is 0 Å². The second-order valence-electron chi connectivity index (χ2n) is 7.23. The normalized spacial score (nSPS) is 11.0. The van der Waals surface area contributed by atoms with Gasteiger partial charge in [0, 0.05) is 35.1 Å². The minimum atomic E-state index is 0.0574. The zero-order valence-corrected chi connectivity index (χ0v) is 18.9. The Bertz CT molecular complexity index is 1230. The number of aromatic nitrogens is 2. The van der Waals surface area contributed by atoms with E-state index in [1.54, 1.807) is 14.2 Å². The molecule has 31 heavy (non-hydrogen) atoms. The molecular weight excluding hydrogens is 410 g/mol. The predicted molar refractivity (Wildman–Crippen MR) is 125 cm³/mol. The lowest BCUT2D eigenvalue weighted by Gasteiger charge is -2.21. The first-order valence-electron chi connectivity index (χ1n) is 10.1. The Morgan fingerprint density at radius 2 is 2.00 bits per heavy atom. The topological polar surface area (TPSA) is 56.1 Å². The second-order valence-corrected chi connectivity index (χ2v) is 8.06. The molecule has 0 saturated carbocycles. The predicted octanol–water partition coefficient (Wildman–Crippen LogP) is 4.98. The van der Waals surface area contributed by atoms with Crippen LogP contribution in [-0.2, 0) is 11.2 Å². The first-order valence-corrected chi connectivity index (χ1v) is 11.0. The van der Waals surface area contributed by atoms with E-state index in [0.717, 1.165) is 44.7 Å². The fraction of sp³-hybridized carbons (Fsp3) is 0.250. The van der Waals surface area contributed by atoms with Gasteiger partial charge in [-0.3, -0.25) is 9.20 Å². The summed E-state index contributed by atoms with van der Waals surface area (Å²) in [7, 11) is 3.27. The number of ether oxygens (including phenoxy) is 2. The number of nitrogens with zero attached hydrogens (tertiary/aromatic N) is 3. The summed E-state index contributed by atoms with van der Waals surface area (Å²) in [5.41, 5.74) is 4.60. The molecule has 2 aromatic heterocycles. The third kappa shape index (κ3) is 4.14. The van der Waals surface area contributed by atoms with E-state index in [1.165, 1.54) is 11.3 Å². The lowest BCUT2D eigenvalue weighted by Crippen LogP contribution is -2.32. The third-order valence-corrected chi connectivity index (χ3v) is 6.12. The number of carbonyl (C=O) groups excluding carboxylic acids is 1. The van der Waals surface area contributed by atoms with Crippen LogP contribution in [0.2, 0.25) is 0 Å². The maximum absolute atomic E-state index is 13.1. The third-order valence-electron chi connectivity index (χ3n) is 5.23. The summed E-state index contributed by atoms with van der Waals surface area (Å²) in [5.74, 6) is 1.52. The maximum atomic E-state index is 13.1. The van der Waals surface area contributed by atoms with Crippen LogP contribution in [0.1, 0.15) is 18.2 Å². The molecule has 0 saturated heterocycles. The van der Waals surface area contributed by atoms with Gasteiger partial charge in [-0.15, -0.1) is 11.3 Å². The van der Waals surface area contributed by atoms with Crippen molar-refractivity contribution in [2.75, 3.05) is 25.7 Å². The first-order chi connectivity index (χ1) is 15.0. The summed E-state index contributed by atoms with van der Waals surface area (Å²) in [5, 5.41) is 2.00. The molecule has 7 heteroatoms. The Labute approximate surface area is 185 Å². The van der Waals surface area contributed by atoms with Crippen molar-refractivity contribution in [3.63, 3.8) is 0 Å². The fourth-order valence-corrected chi connectivity index (χ4v) is 4.52. The van der Waals surface area contributed by atoms with Crippen LogP contribution in [0.15, 0.2) is 54.0 Å². The van der Waals surface area contributed by atoms with Crippen molar-refractivity contribution in [2.24, 2.45) is 0 Å². The largest absolute Gasteiger partial charge is 0.497 e. The van der Waals surface area contributed by atoms with Gasteiger partial charge in [-0.05, 0) is 49.7 Å². The molecule has 0 atom stereocenters. The molecule has 0 spiro atoms. The Kier molecular flexibility index (Phi) is 5.95. The van der Waals surface area contributed by atoms with Gasteiger partial charge in [0.05, 0.1) is 26.3 Å². The van der Waals surface area contributed by atoms with Crippen molar-refractivity contribution < 1.29 is 14.3 Å². The van der Waals surface area contributed by atoms with Crippen LogP contribution in [-0.4, -0.2) is 36.1 Å². The molecule has 0 bridgehead atoms. The van der Waals surface area contributed by atoms with E-state index >= 15 is 0 Å². The number of methoxy groups -OCH3 is 2. The van der Waals surface area contributed by atoms with E-state index < -0.39 is 0 Å². The number of aryl methyl sites for hydroxylation is 1. The summed E-state index contributed by atoms with van der Waals surface area (Å²) in [6.07, 6.45) is 2.25. The van der Waals surface area contributed by atoms with Crippen LogP contribution >= 0.6 is 11.3 Å². The van der Waals surface area contributed by atoms with Crippen LogP contribution in [0.4, 0.5) is 5.69 Å². The second kappa shape index (κ2) is 8.81. The zero-order valence-electron chi connectivity index (χ0n) is 18.1. The lowest BCUT2D eigenvalue weighted by molar-refractivity contribution is -0.118. The quantitative estimate of drug-likeness (QED) is 0.411. The monoisotopic (exact) mass is 435 g/mol. The number of fused-ring (bicyclic) bond motifs is 1. The molecule has 0 radical (unpaired) electrons. The Balaban J connectivity index is 1.65. The van der Waals surface area contributed by atoms with Gasteiger partial charge in [-0.25, -0.2) is 4.98 Å². The fourth-order valence-electron chi connectivity index (χ4n) is 3.65. The summed E-state index contributed by atoms with van der Waals surface area (Å²) >= 11 is 1.52. The van der Waals surface area contributed by atoms with Crippen molar-refractivity contribution in [1.82, 2.24) is 9.38 Å². The Morgan fingerprint density at radius 1 is 1.16 bits per heavy atom. The van der Waals surface area contributed by atoms with Gasteiger partial charge in [0.25, 0.3) is 0 Å². The molecule has 160 valence electrons. The maximum Gasteiger partial charge on any atom is 0.232 e. The molecule has 2 aromatic carbocycles. The molecule has 4 aromatic rings. The zero-order chi connectivity index (χ0) is 22.0. The van der Waals surface area contributed by atoms with Crippen LogP contribution in [0, 0.1) is 6.92 Å². The molecule has 2 heterocycles. The van der Waals surface area contributed by atoms with E-state index in [-0.39, 0.29) is 5.91 Å². The van der Waals surface area contributed by atoms with Gasteiger partial charge in [0.2, 0.25) is 5.91 Å². The number of rotatable bonds is 7. The number of anilines is 1. The number of amides is 1. The highest BCUT2D eigenvalue weighted by molar-refractivity contribution is 7.15. The highest BCUT2D eigenvalue weighted by Gasteiger charge is 2.19. The molecular formula is C24H25N3O3S. The highest BCUT2D eigenvalue weighted by Crippen LogP contribution is 2.34. The molecule has 0 N–H and O–H groups in total. The number of imidazole rings is 1.